The van der Waals surface area contributed by atoms with Crippen LogP contribution in [0.2, 0.25) is 16.6 Å². The molecule has 0 N–H and O–H groups in total. The fourth-order valence-corrected chi connectivity index (χ4v) is 10.1. The minimum absolute atomic E-state index is 0.200. The Morgan fingerprint density at radius 3 is 2.18 bits per heavy atom. The van der Waals surface area contributed by atoms with Crippen LogP contribution in [0.4, 0.5) is 0 Å². The topological polar surface area (TPSA) is 22.1 Å². The highest BCUT2D eigenvalue weighted by Crippen LogP contribution is 2.48. The van der Waals surface area contributed by atoms with Gasteiger partial charge >= 0.3 is 0 Å². The molecule has 1 aromatic heterocycles. The minimum Gasteiger partial charge on any atom is -0.408 e. The summed E-state index contributed by atoms with van der Waals surface area (Å²) in [6, 6.07) is 4.31. The summed E-state index contributed by atoms with van der Waals surface area (Å²) in [4.78, 5) is 4.71. The zero-order valence-electron chi connectivity index (χ0n) is 15.4. The molecule has 0 radical (unpaired) electrons. The van der Waals surface area contributed by atoms with E-state index in [9.17, 15) is 0 Å². The van der Waals surface area contributed by atoms with Gasteiger partial charge in [-0.3, -0.25) is 4.98 Å². The van der Waals surface area contributed by atoms with E-state index in [1.54, 1.807) is 0 Å². The smallest absolute Gasteiger partial charge is 0.201 e. The molecule has 3 heteroatoms. The molecule has 1 aromatic rings. The van der Waals surface area contributed by atoms with Crippen molar-refractivity contribution in [3.05, 3.63) is 29.6 Å². The molecule has 0 amide bonds. The monoisotopic (exact) mass is 319 g/mol. The molecule has 1 unspecified atom stereocenters. The van der Waals surface area contributed by atoms with Crippen LogP contribution in [0.1, 0.15) is 84.6 Å². The van der Waals surface area contributed by atoms with Crippen LogP contribution in [0.25, 0.3) is 0 Å². The summed E-state index contributed by atoms with van der Waals surface area (Å²) < 4.78 is 7.01. The van der Waals surface area contributed by atoms with Crippen molar-refractivity contribution in [1.29, 1.82) is 0 Å². The van der Waals surface area contributed by atoms with Gasteiger partial charge in [-0.1, -0.05) is 54.5 Å². The van der Waals surface area contributed by atoms with Gasteiger partial charge in [-0.2, -0.15) is 0 Å². The molecule has 2 nitrogen and oxygen atoms in total. The Kier molecular flexibility index (Phi) is 5.49. The molecule has 0 aliphatic heterocycles. The quantitative estimate of drug-likeness (QED) is 0.602. The summed E-state index contributed by atoms with van der Waals surface area (Å²) in [6.07, 6.45) is 4.46. The van der Waals surface area contributed by atoms with Gasteiger partial charge in [-0.25, -0.2) is 0 Å². The number of fused-ring (bicyclic) bond motifs is 1. The van der Waals surface area contributed by atoms with E-state index in [4.69, 9.17) is 9.41 Å². The molecular weight excluding hydrogens is 286 g/mol. The van der Waals surface area contributed by atoms with Gasteiger partial charge in [0.25, 0.3) is 0 Å². The summed E-state index contributed by atoms with van der Waals surface area (Å²) in [5.41, 5.74) is 4.48. The van der Waals surface area contributed by atoms with Crippen molar-refractivity contribution < 1.29 is 4.43 Å². The Labute approximate surface area is 137 Å². The summed E-state index contributed by atoms with van der Waals surface area (Å²) in [5.74, 6) is 0.608. The van der Waals surface area contributed by atoms with E-state index >= 15 is 0 Å². The van der Waals surface area contributed by atoms with Crippen LogP contribution in [0.15, 0.2) is 18.3 Å². The molecule has 2 rings (SSSR count). The Balaban J connectivity index is 2.38. The molecule has 0 aromatic carbocycles. The van der Waals surface area contributed by atoms with E-state index in [1.807, 2.05) is 6.20 Å². The molecular formula is C19H33NOSi. The molecule has 1 heterocycles. The van der Waals surface area contributed by atoms with Crippen LogP contribution in [-0.4, -0.2) is 13.3 Å². The molecule has 1 aliphatic carbocycles. The van der Waals surface area contributed by atoms with Gasteiger partial charge in [0.15, 0.2) is 0 Å². The molecule has 0 saturated heterocycles. The van der Waals surface area contributed by atoms with Gasteiger partial charge in [-0.15, -0.1) is 0 Å². The van der Waals surface area contributed by atoms with Gasteiger partial charge < -0.3 is 4.43 Å². The van der Waals surface area contributed by atoms with Gasteiger partial charge in [-0.05, 0) is 47.0 Å². The molecule has 0 spiro atoms. The molecule has 124 valence electrons. The second-order valence-corrected chi connectivity index (χ2v) is 13.3. The second kappa shape index (κ2) is 6.84. The van der Waals surface area contributed by atoms with E-state index in [0.29, 0.717) is 22.5 Å². The summed E-state index contributed by atoms with van der Waals surface area (Å²) >= 11 is 0. The van der Waals surface area contributed by atoms with Crippen molar-refractivity contribution in [2.24, 2.45) is 0 Å². The fourth-order valence-electron chi connectivity index (χ4n) is 4.58. The molecule has 0 bridgehead atoms. The standard InChI is InChI=1S/C19H33NOSi/c1-13(2)22(14(3)4,15(5)6)21-18-11-10-16(7)17-9-8-12-20-19(17)18/h8-9,12-16,18H,10-11H2,1-7H3/t16?,18-/m0/s1. The first-order valence-corrected chi connectivity index (χ1v) is 11.1. The van der Waals surface area contributed by atoms with E-state index in [1.165, 1.54) is 17.7 Å². The molecule has 0 saturated carbocycles. The number of aromatic nitrogens is 1. The number of rotatable bonds is 5. The first-order valence-electron chi connectivity index (χ1n) is 8.93. The largest absolute Gasteiger partial charge is 0.408 e. The minimum atomic E-state index is -1.85. The lowest BCUT2D eigenvalue weighted by molar-refractivity contribution is 0.147. The van der Waals surface area contributed by atoms with E-state index < -0.39 is 8.32 Å². The van der Waals surface area contributed by atoms with Crippen molar-refractivity contribution in [2.75, 3.05) is 0 Å². The maximum Gasteiger partial charge on any atom is 0.201 e. The zero-order chi connectivity index (χ0) is 16.5. The Bertz CT molecular complexity index is 476. The summed E-state index contributed by atoms with van der Waals surface area (Å²) in [5, 5.41) is 0. The lowest BCUT2D eigenvalue weighted by atomic mass is 9.85. The van der Waals surface area contributed by atoms with Crippen molar-refractivity contribution in [2.45, 2.75) is 90.0 Å². The summed E-state index contributed by atoms with van der Waals surface area (Å²) in [6.45, 7) is 16.5. The average molecular weight is 320 g/mol. The maximum absolute atomic E-state index is 7.01. The second-order valence-electron chi connectivity index (χ2n) is 7.88. The number of nitrogens with zero attached hydrogens (tertiary/aromatic N) is 1. The third kappa shape index (κ3) is 3.02. The van der Waals surface area contributed by atoms with Crippen LogP contribution >= 0.6 is 0 Å². The lowest BCUT2D eigenvalue weighted by Gasteiger charge is -2.45. The maximum atomic E-state index is 7.01. The van der Waals surface area contributed by atoms with Crippen LogP contribution < -0.4 is 0 Å². The van der Waals surface area contributed by atoms with Gasteiger partial charge in [0.2, 0.25) is 8.32 Å². The van der Waals surface area contributed by atoms with Gasteiger partial charge in [0.1, 0.15) is 0 Å². The Hall–Kier alpha value is -0.673. The van der Waals surface area contributed by atoms with Crippen molar-refractivity contribution in [3.63, 3.8) is 0 Å². The highest BCUT2D eigenvalue weighted by atomic mass is 28.4. The van der Waals surface area contributed by atoms with Crippen molar-refractivity contribution >= 4 is 8.32 Å². The third-order valence-corrected chi connectivity index (χ3v) is 11.7. The van der Waals surface area contributed by atoms with Crippen LogP contribution in [-0.2, 0) is 4.43 Å². The molecule has 1 aliphatic rings. The SMILES string of the molecule is CC1CC[C@H](O[Si](C(C)C)(C(C)C)C(C)C)c2ncccc21. The number of hydrogen-bond donors (Lipinski definition) is 0. The van der Waals surface area contributed by atoms with Gasteiger partial charge in [0.05, 0.1) is 11.8 Å². The van der Waals surface area contributed by atoms with E-state index in [-0.39, 0.29) is 6.10 Å². The normalized spacial score (nSPS) is 22.5. The Morgan fingerprint density at radius 1 is 1.05 bits per heavy atom. The van der Waals surface area contributed by atoms with Crippen LogP contribution in [0, 0.1) is 0 Å². The first-order chi connectivity index (χ1) is 10.3. The zero-order valence-corrected chi connectivity index (χ0v) is 16.4. The third-order valence-electron chi connectivity index (χ3n) is 5.62. The lowest BCUT2D eigenvalue weighted by Crippen LogP contribution is -2.49. The van der Waals surface area contributed by atoms with Crippen LogP contribution in [0.3, 0.4) is 0 Å². The van der Waals surface area contributed by atoms with Crippen molar-refractivity contribution in [1.82, 2.24) is 4.98 Å². The fraction of sp³-hybridized carbons (Fsp3) is 0.737. The highest BCUT2D eigenvalue weighted by molar-refractivity contribution is 6.77. The molecule has 2 atom stereocenters. The van der Waals surface area contributed by atoms with E-state index in [2.05, 4.69) is 60.6 Å². The predicted octanol–water partition coefficient (Wildman–Crippen LogP) is 6.21. The van der Waals surface area contributed by atoms with Gasteiger partial charge in [0, 0.05) is 6.20 Å². The highest BCUT2D eigenvalue weighted by Gasteiger charge is 2.47. The number of pyridine rings is 1. The van der Waals surface area contributed by atoms with Crippen molar-refractivity contribution in [3.8, 4) is 0 Å². The number of hydrogen-bond acceptors (Lipinski definition) is 2. The molecule has 0 fully saturated rings. The van der Waals surface area contributed by atoms with E-state index in [0.717, 1.165) is 6.42 Å². The Morgan fingerprint density at radius 2 is 1.64 bits per heavy atom. The average Bonchev–Trinajstić information content (AvgIpc) is 2.46. The van der Waals surface area contributed by atoms with Crippen LogP contribution in [0.5, 0.6) is 0 Å². The first kappa shape index (κ1) is 17.7. The summed E-state index contributed by atoms with van der Waals surface area (Å²) in [7, 11) is -1.85. The predicted molar refractivity (Wildman–Crippen MR) is 96.8 cm³/mol. The molecule has 22 heavy (non-hydrogen) atoms.